The third-order valence-electron chi connectivity index (χ3n) is 1.51. The van der Waals surface area contributed by atoms with Gasteiger partial charge in [0.1, 0.15) is 6.04 Å². The predicted molar refractivity (Wildman–Crippen MR) is 54.9 cm³/mol. The molecule has 0 aliphatic heterocycles. The minimum atomic E-state index is -0.872. The highest BCUT2D eigenvalue weighted by Gasteiger charge is 2.21. The quantitative estimate of drug-likeness (QED) is 0.669. The molecule has 0 bridgehead atoms. The second kappa shape index (κ2) is 5.32. The molecule has 0 saturated heterocycles. The molecule has 0 amide bonds. The summed E-state index contributed by atoms with van der Waals surface area (Å²) < 4.78 is 0. The van der Waals surface area contributed by atoms with Crippen molar-refractivity contribution in [3.05, 3.63) is 0 Å². The zero-order valence-corrected chi connectivity index (χ0v) is 9.63. The van der Waals surface area contributed by atoms with Crippen molar-refractivity contribution in [3.63, 3.8) is 0 Å². The molecule has 4 heteroatoms. The van der Waals surface area contributed by atoms with Crippen molar-refractivity contribution in [3.8, 4) is 0 Å². The SMILES string of the molecule is CC(C)C[C@H](NOC(C)(C)C)C(=O)O. The molecule has 2 N–H and O–H groups in total. The maximum absolute atomic E-state index is 10.8. The number of hydroxylamine groups is 1. The van der Waals surface area contributed by atoms with E-state index in [1.807, 2.05) is 34.6 Å². The first-order chi connectivity index (χ1) is 6.22. The summed E-state index contributed by atoms with van der Waals surface area (Å²) in [5.74, 6) is -0.546. The van der Waals surface area contributed by atoms with Crippen LogP contribution in [-0.2, 0) is 9.63 Å². The molecule has 0 aliphatic carbocycles. The molecule has 4 nitrogen and oxygen atoms in total. The lowest BCUT2D eigenvalue weighted by atomic mass is 10.0. The molecule has 0 aromatic carbocycles. The van der Waals surface area contributed by atoms with Crippen LogP contribution in [-0.4, -0.2) is 22.7 Å². The third-order valence-corrected chi connectivity index (χ3v) is 1.51. The molecule has 14 heavy (non-hydrogen) atoms. The van der Waals surface area contributed by atoms with Crippen LogP contribution in [0.3, 0.4) is 0 Å². The van der Waals surface area contributed by atoms with E-state index in [1.54, 1.807) is 0 Å². The van der Waals surface area contributed by atoms with Crippen LogP contribution < -0.4 is 5.48 Å². The van der Waals surface area contributed by atoms with Gasteiger partial charge in [-0.2, -0.15) is 5.48 Å². The molecular formula is C10H21NO3. The van der Waals surface area contributed by atoms with E-state index in [2.05, 4.69) is 5.48 Å². The lowest BCUT2D eigenvalue weighted by Gasteiger charge is -2.23. The summed E-state index contributed by atoms with van der Waals surface area (Å²) in [7, 11) is 0. The number of rotatable bonds is 5. The molecule has 0 saturated carbocycles. The van der Waals surface area contributed by atoms with Gasteiger partial charge in [-0.25, -0.2) is 0 Å². The number of carbonyl (C=O) groups is 1. The molecule has 0 spiro atoms. The molecule has 0 aromatic heterocycles. The summed E-state index contributed by atoms with van der Waals surface area (Å²) in [6.07, 6.45) is 0.561. The van der Waals surface area contributed by atoms with Gasteiger partial charge in [-0.3, -0.25) is 9.63 Å². The van der Waals surface area contributed by atoms with Gasteiger partial charge in [0.25, 0.3) is 0 Å². The van der Waals surface area contributed by atoms with Crippen LogP contribution in [0.25, 0.3) is 0 Å². The monoisotopic (exact) mass is 203 g/mol. The second-order valence-electron chi connectivity index (χ2n) is 4.85. The Hall–Kier alpha value is -0.610. The molecule has 84 valence electrons. The maximum Gasteiger partial charge on any atom is 0.323 e. The van der Waals surface area contributed by atoms with Gasteiger partial charge in [0.2, 0.25) is 0 Å². The maximum atomic E-state index is 10.8. The predicted octanol–water partition coefficient (Wildman–Crippen LogP) is 1.81. The Labute approximate surface area is 85.6 Å². The molecule has 0 aliphatic rings. The molecule has 0 rings (SSSR count). The number of carboxylic acid groups (broad SMARTS) is 1. The smallest absolute Gasteiger partial charge is 0.323 e. The Morgan fingerprint density at radius 3 is 2.21 bits per heavy atom. The van der Waals surface area contributed by atoms with Gasteiger partial charge >= 0.3 is 5.97 Å². The van der Waals surface area contributed by atoms with E-state index >= 15 is 0 Å². The Bertz CT molecular complexity index is 184. The van der Waals surface area contributed by atoms with Crippen LogP contribution >= 0.6 is 0 Å². The first-order valence-electron chi connectivity index (χ1n) is 4.88. The molecule has 0 unspecified atom stereocenters. The van der Waals surface area contributed by atoms with Gasteiger partial charge in [-0.1, -0.05) is 13.8 Å². The Kier molecular flexibility index (Phi) is 5.08. The van der Waals surface area contributed by atoms with E-state index in [0.29, 0.717) is 12.3 Å². The summed E-state index contributed by atoms with van der Waals surface area (Å²) in [4.78, 5) is 16.0. The number of hydrogen-bond donors (Lipinski definition) is 2. The van der Waals surface area contributed by atoms with Gasteiger partial charge in [0.15, 0.2) is 0 Å². The van der Waals surface area contributed by atoms with Crippen LogP contribution in [0.2, 0.25) is 0 Å². The Balaban J connectivity index is 4.05. The van der Waals surface area contributed by atoms with Crippen molar-refractivity contribution >= 4 is 5.97 Å². The molecule has 0 fully saturated rings. The van der Waals surface area contributed by atoms with Crippen LogP contribution in [0.15, 0.2) is 0 Å². The highest BCUT2D eigenvalue weighted by molar-refractivity contribution is 5.73. The number of carboxylic acids is 1. The second-order valence-corrected chi connectivity index (χ2v) is 4.85. The highest BCUT2D eigenvalue weighted by Crippen LogP contribution is 2.09. The lowest BCUT2D eigenvalue weighted by Crippen LogP contribution is -2.42. The lowest BCUT2D eigenvalue weighted by molar-refractivity contribution is -0.151. The largest absolute Gasteiger partial charge is 0.480 e. The fraction of sp³-hybridized carbons (Fsp3) is 0.900. The van der Waals surface area contributed by atoms with Gasteiger partial charge in [-0.15, -0.1) is 0 Å². The van der Waals surface area contributed by atoms with Crippen LogP contribution in [0.4, 0.5) is 0 Å². The molecule has 0 heterocycles. The average molecular weight is 203 g/mol. The van der Waals surface area contributed by atoms with Crippen LogP contribution in [0.1, 0.15) is 41.0 Å². The van der Waals surface area contributed by atoms with Gasteiger partial charge in [0, 0.05) is 0 Å². The van der Waals surface area contributed by atoms with Gasteiger partial charge in [-0.05, 0) is 33.1 Å². The first kappa shape index (κ1) is 13.4. The number of aliphatic carboxylic acids is 1. The van der Waals surface area contributed by atoms with E-state index in [-0.39, 0.29) is 5.60 Å². The fourth-order valence-electron chi connectivity index (χ4n) is 0.919. The normalized spacial score (nSPS) is 14.4. The minimum Gasteiger partial charge on any atom is -0.480 e. The van der Waals surface area contributed by atoms with Crippen molar-refractivity contribution in [2.75, 3.05) is 0 Å². The highest BCUT2D eigenvalue weighted by atomic mass is 16.7. The topological polar surface area (TPSA) is 58.6 Å². The zero-order valence-electron chi connectivity index (χ0n) is 9.63. The van der Waals surface area contributed by atoms with Crippen LogP contribution in [0.5, 0.6) is 0 Å². The van der Waals surface area contributed by atoms with Gasteiger partial charge < -0.3 is 5.11 Å². The zero-order chi connectivity index (χ0) is 11.4. The number of nitrogens with one attached hydrogen (secondary N) is 1. The number of hydrogen-bond acceptors (Lipinski definition) is 3. The van der Waals surface area contributed by atoms with Crippen molar-refractivity contribution in [2.45, 2.75) is 52.7 Å². The minimum absolute atomic E-state index is 0.326. The van der Waals surface area contributed by atoms with E-state index in [4.69, 9.17) is 9.94 Å². The molecule has 0 aromatic rings. The molecule has 0 radical (unpaired) electrons. The summed E-state index contributed by atoms with van der Waals surface area (Å²) in [5.41, 5.74) is 2.22. The third kappa shape index (κ3) is 6.86. The molecular weight excluding hydrogens is 182 g/mol. The average Bonchev–Trinajstić information content (AvgIpc) is 1.94. The van der Waals surface area contributed by atoms with E-state index < -0.39 is 12.0 Å². The fourth-order valence-corrected chi connectivity index (χ4v) is 0.919. The standard InChI is InChI=1S/C10H21NO3/c1-7(2)6-8(9(12)13)11-14-10(3,4)5/h7-8,11H,6H2,1-5H3,(H,12,13)/t8-/m0/s1. The Morgan fingerprint density at radius 1 is 1.43 bits per heavy atom. The first-order valence-corrected chi connectivity index (χ1v) is 4.88. The van der Waals surface area contributed by atoms with Crippen molar-refractivity contribution < 1.29 is 14.7 Å². The van der Waals surface area contributed by atoms with E-state index in [0.717, 1.165) is 0 Å². The van der Waals surface area contributed by atoms with Crippen molar-refractivity contribution in [1.29, 1.82) is 0 Å². The summed E-state index contributed by atoms with van der Waals surface area (Å²) in [5, 5.41) is 8.88. The van der Waals surface area contributed by atoms with Crippen LogP contribution in [0, 0.1) is 5.92 Å². The van der Waals surface area contributed by atoms with Crippen molar-refractivity contribution in [1.82, 2.24) is 5.48 Å². The summed E-state index contributed by atoms with van der Waals surface area (Å²) >= 11 is 0. The summed E-state index contributed by atoms with van der Waals surface area (Å²) in [6, 6.07) is -0.630. The van der Waals surface area contributed by atoms with Gasteiger partial charge in [0.05, 0.1) is 5.60 Å². The summed E-state index contributed by atoms with van der Waals surface area (Å²) in [6.45, 7) is 9.57. The van der Waals surface area contributed by atoms with Crippen molar-refractivity contribution in [2.24, 2.45) is 5.92 Å². The van der Waals surface area contributed by atoms with E-state index in [9.17, 15) is 4.79 Å². The van der Waals surface area contributed by atoms with E-state index in [1.165, 1.54) is 0 Å². The Morgan fingerprint density at radius 2 is 1.93 bits per heavy atom. The molecule has 1 atom stereocenters.